The predicted molar refractivity (Wildman–Crippen MR) is 112 cm³/mol. The van der Waals surface area contributed by atoms with Crippen molar-refractivity contribution in [3.63, 3.8) is 0 Å². The summed E-state index contributed by atoms with van der Waals surface area (Å²) in [4.78, 5) is 30.8. The summed E-state index contributed by atoms with van der Waals surface area (Å²) in [5.74, 6) is -0.499. The molecule has 0 aliphatic carbocycles. The molecule has 0 unspecified atom stereocenters. The lowest BCUT2D eigenvalue weighted by atomic mass is 10.2. The summed E-state index contributed by atoms with van der Waals surface area (Å²) in [6, 6.07) is 16.5. The molecular weight excluding hydrogens is 390 g/mol. The number of nitrogens with one attached hydrogen (secondary N) is 1. The van der Waals surface area contributed by atoms with Gasteiger partial charge in [-0.1, -0.05) is 53.8 Å². The largest absolute Gasteiger partial charge is 0.493 e. The zero-order chi connectivity index (χ0) is 20.4. The fourth-order valence-corrected chi connectivity index (χ4v) is 3.44. The average molecular weight is 405 g/mol. The second kappa shape index (κ2) is 7.64. The van der Waals surface area contributed by atoms with Crippen molar-refractivity contribution < 1.29 is 5.11 Å². The van der Waals surface area contributed by atoms with Gasteiger partial charge in [0.15, 0.2) is 0 Å². The molecular formula is C20H15N5O3S. The van der Waals surface area contributed by atoms with Crippen LogP contribution in [0.4, 0.5) is 5.13 Å². The highest BCUT2D eigenvalue weighted by Gasteiger charge is 2.14. The van der Waals surface area contributed by atoms with Crippen LogP contribution in [0, 0.1) is 6.92 Å². The van der Waals surface area contributed by atoms with Gasteiger partial charge in [0.2, 0.25) is 11.0 Å². The number of aryl methyl sites for hydroxylation is 1. The molecule has 2 heterocycles. The van der Waals surface area contributed by atoms with Crippen molar-refractivity contribution in [3.8, 4) is 22.1 Å². The molecule has 144 valence electrons. The lowest BCUT2D eigenvalue weighted by Crippen LogP contribution is -2.31. The number of benzene rings is 2. The Labute approximate surface area is 168 Å². The van der Waals surface area contributed by atoms with E-state index in [0.717, 1.165) is 15.7 Å². The number of aliphatic imine (C=N–C) groups is 1. The zero-order valence-electron chi connectivity index (χ0n) is 15.2. The van der Waals surface area contributed by atoms with Crippen molar-refractivity contribution in [1.82, 2.24) is 19.7 Å². The molecule has 0 fully saturated rings. The van der Waals surface area contributed by atoms with Crippen LogP contribution in [-0.4, -0.2) is 31.1 Å². The normalized spacial score (nSPS) is 11.2. The van der Waals surface area contributed by atoms with Gasteiger partial charge >= 0.3 is 5.69 Å². The lowest BCUT2D eigenvalue weighted by molar-refractivity contribution is 0.430. The molecule has 2 aromatic carbocycles. The van der Waals surface area contributed by atoms with Gasteiger partial charge in [0.1, 0.15) is 10.6 Å². The van der Waals surface area contributed by atoms with E-state index in [2.05, 4.69) is 20.2 Å². The van der Waals surface area contributed by atoms with E-state index >= 15 is 0 Å². The SMILES string of the molecule is Cc1cccc(-n2c(O)c(/C=N/c3nnc(-c4ccccc4)s3)c(=O)[nH]c2=O)c1. The molecule has 0 aliphatic heterocycles. The summed E-state index contributed by atoms with van der Waals surface area (Å²) in [5.41, 5.74) is 0.603. The summed E-state index contributed by atoms with van der Waals surface area (Å²) in [6.45, 7) is 1.86. The van der Waals surface area contributed by atoms with Crippen LogP contribution < -0.4 is 11.2 Å². The van der Waals surface area contributed by atoms with Gasteiger partial charge in [0.25, 0.3) is 5.56 Å². The first kappa shape index (κ1) is 18.5. The molecule has 29 heavy (non-hydrogen) atoms. The van der Waals surface area contributed by atoms with Gasteiger partial charge in [0, 0.05) is 11.8 Å². The quantitative estimate of drug-likeness (QED) is 0.507. The van der Waals surface area contributed by atoms with Crippen LogP contribution in [0.5, 0.6) is 5.88 Å². The minimum atomic E-state index is -0.743. The molecule has 0 aliphatic rings. The van der Waals surface area contributed by atoms with Crippen LogP contribution >= 0.6 is 11.3 Å². The van der Waals surface area contributed by atoms with Gasteiger partial charge in [0.05, 0.1) is 5.69 Å². The van der Waals surface area contributed by atoms with Gasteiger partial charge in [-0.05, 0) is 24.6 Å². The third kappa shape index (κ3) is 3.76. The summed E-state index contributed by atoms with van der Waals surface area (Å²) in [6.07, 6.45) is 1.18. The van der Waals surface area contributed by atoms with Crippen molar-refractivity contribution in [3.05, 3.63) is 86.6 Å². The van der Waals surface area contributed by atoms with E-state index in [1.807, 2.05) is 43.3 Å². The Kier molecular flexibility index (Phi) is 4.88. The number of hydrogen-bond acceptors (Lipinski definition) is 7. The first-order valence-electron chi connectivity index (χ1n) is 8.61. The maximum Gasteiger partial charge on any atom is 0.335 e. The Hall–Kier alpha value is -3.85. The van der Waals surface area contributed by atoms with E-state index in [1.165, 1.54) is 17.6 Å². The topological polar surface area (TPSA) is 113 Å². The van der Waals surface area contributed by atoms with Crippen LogP contribution in [-0.2, 0) is 0 Å². The average Bonchev–Trinajstić information content (AvgIpc) is 3.17. The van der Waals surface area contributed by atoms with Gasteiger partial charge in [-0.25, -0.2) is 14.4 Å². The Morgan fingerprint density at radius 3 is 2.66 bits per heavy atom. The number of H-pyrrole nitrogens is 1. The number of aromatic nitrogens is 4. The Morgan fingerprint density at radius 2 is 1.90 bits per heavy atom. The Balaban J connectivity index is 1.73. The van der Waals surface area contributed by atoms with Crippen molar-refractivity contribution in [2.24, 2.45) is 4.99 Å². The fourth-order valence-electron chi connectivity index (χ4n) is 2.75. The van der Waals surface area contributed by atoms with Crippen molar-refractivity contribution >= 4 is 22.7 Å². The van der Waals surface area contributed by atoms with Gasteiger partial charge in [-0.3, -0.25) is 9.78 Å². The van der Waals surface area contributed by atoms with Gasteiger partial charge in [-0.15, -0.1) is 10.2 Å². The molecule has 4 rings (SSSR count). The van der Waals surface area contributed by atoms with E-state index in [1.54, 1.807) is 18.2 Å². The highest BCUT2D eigenvalue weighted by atomic mass is 32.1. The molecule has 0 saturated carbocycles. The third-order valence-electron chi connectivity index (χ3n) is 4.12. The number of hydrogen-bond donors (Lipinski definition) is 2. The number of aromatic hydroxyl groups is 1. The number of aromatic amines is 1. The fraction of sp³-hybridized carbons (Fsp3) is 0.0500. The molecule has 0 radical (unpaired) electrons. The molecule has 0 bridgehead atoms. The van der Waals surface area contributed by atoms with Crippen LogP contribution in [0.1, 0.15) is 11.1 Å². The zero-order valence-corrected chi connectivity index (χ0v) is 16.1. The summed E-state index contributed by atoms with van der Waals surface area (Å²) < 4.78 is 1.02. The highest BCUT2D eigenvalue weighted by Crippen LogP contribution is 2.27. The maximum absolute atomic E-state index is 12.2. The molecule has 9 heteroatoms. The monoisotopic (exact) mass is 405 g/mol. The minimum absolute atomic E-state index is 0.150. The molecule has 2 aromatic heterocycles. The lowest BCUT2D eigenvalue weighted by Gasteiger charge is -2.09. The van der Waals surface area contributed by atoms with Crippen LogP contribution in [0.2, 0.25) is 0 Å². The Morgan fingerprint density at radius 1 is 1.10 bits per heavy atom. The Bertz CT molecular complexity index is 1320. The molecule has 0 spiro atoms. The van der Waals surface area contributed by atoms with Crippen LogP contribution in [0.25, 0.3) is 16.3 Å². The molecule has 2 N–H and O–H groups in total. The van der Waals surface area contributed by atoms with Gasteiger partial charge in [-0.2, -0.15) is 0 Å². The summed E-state index contributed by atoms with van der Waals surface area (Å²) in [7, 11) is 0. The summed E-state index contributed by atoms with van der Waals surface area (Å²) >= 11 is 1.24. The van der Waals surface area contributed by atoms with Gasteiger partial charge < -0.3 is 5.11 Å². The second-order valence-electron chi connectivity index (χ2n) is 6.18. The standard InChI is InChI=1S/C20H15N5O3S/c1-12-6-5-9-14(10-12)25-18(27)15(16(26)22-20(25)28)11-21-19-24-23-17(29-19)13-7-3-2-4-8-13/h2-11,27H,1H3,(H,22,26,28)/b21-11+. The predicted octanol–water partition coefficient (Wildman–Crippen LogP) is 2.81. The van der Waals surface area contributed by atoms with Crippen molar-refractivity contribution in [2.45, 2.75) is 6.92 Å². The summed E-state index contributed by atoms with van der Waals surface area (Å²) in [5, 5.41) is 19.6. The second-order valence-corrected chi connectivity index (χ2v) is 7.14. The van der Waals surface area contributed by atoms with E-state index in [9.17, 15) is 14.7 Å². The van der Waals surface area contributed by atoms with Crippen molar-refractivity contribution in [2.75, 3.05) is 0 Å². The van der Waals surface area contributed by atoms with E-state index in [4.69, 9.17) is 0 Å². The van der Waals surface area contributed by atoms with Crippen molar-refractivity contribution in [1.29, 1.82) is 0 Å². The smallest absolute Gasteiger partial charge is 0.335 e. The van der Waals surface area contributed by atoms with Crippen LogP contribution in [0.3, 0.4) is 0 Å². The first-order chi connectivity index (χ1) is 14.0. The molecule has 4 aromatic rings. The van der Waals surface area contributed by atoms with Crippen LogP contribution in [0.15, 0.2) is 69.2 Å². The number of rotatable bonds is 4. The minimum Gasteiger partial charge on any atom is -0.493 e. The van der Waals surface area contributed by atoms with E-state index < -0.39 is 17.1 Å². The molecule has 0 saturated heterocycles. The molecule has 0 amide bonds. The third-order valence-corrected chi connectivity index (χ3v) is 5.00. The number of nitrogens with zero attached hydrogens (tertiary/aromatic N) is 4. The highest BCUT2D eigenvalue weighted by molar-refractivity contribution is 7.18. The maximum atomic E-state index is 12.2. The van der Waals surface area contributed by atoms with E-state index in [0.29, 0.717) is 15.8 Å². The molecule has 0 atom stereocenters. The first-order valence-corrected chi connectivity index (χ1v) is 9.43. The molecule has 8 nitrogen and oxygen atoms in total. The van der Waals surface area contributed by atoms with E-state index in [-0.39, 0.29) is 5.56 Å².